The van der Waals surface area contributed by atoms with Crippen molar-refractivity contribution in [3.8, 4) is 5.75 Å². The summed E-state index contributed by atoms with van der Waals surface area (Å²) in [7, 11) is 4.10. The lowest BCUT2D eigenvalue weighted by Crippen LogP contribution is -2.26. The van der Waals surface area contributed by atoms with Gasteiger partial charge in [-0.15, -0.1) is 0 Å². The highest BCUT2D eigenvalue weighted by Crippen LogP contribution is 2.28. The third-order valence-electron chi connectivity index (χ3n) is 3.22. The number of nitrogens with one attached hydrogen (secondary N) is 2. The Bertz CT molecular complexity index is 460. The van der Waals surface area contributed by atoms with E-state index < -0.39 is 0 Å². The minimum atomic E-state index is 0.116. The summed E-state index contributed by atoms with van der Waals surface area (Å²) in [6.07, 6.45) is 1.04. The highest BCUT2D eigenvalue weighted by atomic mass is 16.5. The van der Waals surface area contributed by atoms with Crippen LogP contribution in [0.25, 0.3) is 0 Å². The maximum Gasteiger partial charge on any atom is 0.176 e. The lowest BCUT2D eigenvalue weighted by atomic mass is 10.1. The third kappa shape index (κ3) is 4.21. The van der Waals surface area contributed by atoms with Gasteiger partial charge >= 0.3 is 0 Å². The zero-order chi connectivity index (χ0) is 14.4. The summed E-state index contributed by atoms with van der Waals surface area (Å²) in [5, 5.41) is 6.43. The van der Waals surface area contributed by atoms with E-state index in [9.17, 15) is 4.79 Å². The van der Waals surface area contributed by atoms with Crippen LogP contribution < -0.4 is 15.4 Å². The first kappa shape index (κ1) is 14.8. The average molecular weight is 277 g/mol. The molecule has 1 heterocycles. The van der Waals surface area contributed by atoms with Gasteiger partial charge in [0.05, 0.1) is 12.2 Å². The van der Waals surface area contributed by atoms with E-state index in [1.54, 1.807) is 0 Å². The van der Waals surface area contributed by atoms with E-state index in [-0.39, 0.29) is 5.78 Å². The largest absolute Gasteiger partial charge is 0.490 e. The van der Waals surface area contributed by atoms with Crippen LogP contribution in [0.4, 0.5) is 5.69 Å². The molecule has 0 saturated heterocycles. The number of nitrogens with zero attached hydrogens (tertiary/aromatic N) is 1. The Balaban J connectivity index is 1.80. The normalized spacial score (nSPS) is 13.6. The highest BCUT2D eigenvalue weighted by Gasteiger charge is 2.13. The first-order chi connectivity index (χ1) is 9.66. The van der Waals surface area contributed by atoms with Crippen molar-refractivity contribution in [2.45, 2.75) is 6.42 Å². The number of fused-ring (bicyclic) bond motifs is 1. The van der Waals surface area contributed by atoms with Crippen molar-refractivity contribution in [3.05, 3.63) is 23.8 Å². The molecule has 0 saturated carbocycles. The van der Waals surface area contributed by atoms with Gasteiger partial charge in [-0.2, -0.15) is 0 Å². The second kappa shape index (κ2) is 7.26. The summed E-state index contributed by atoms with van der Waals surface area (Å²) in [5.74, 6) is 0.941. The summed E-state index contributed by atoms with van der Waals surface area (Å²) < 4.78 is 5.50. The Labute approximate surface area is 120 Å². The molecule has 20 heavy (non-hydrogen) atoms. The zero-order valence-corrected chi connectivity index (χ0v) is 12.2. The van der Waals surface area contributed by atoms with Gasteiger partial charge in [-0.25, -0.2) is 0 Å². The SMILES string of the molecule is CN(C)CCCNCC(=O)c1ccc2c(c1)NCCO2. The minimum absolute atomic E-state index is 0.116. The van der Waals surface area contributed by atoms with Crippen LogP contribution in [0.15, 0.2) is 18.2 Å². The number of carbonyl (C=O) groups is 1. The molecule has 0 aliphatic carbocycles. The minimum Gasteiger partial charge on any atom is -0.490 e. The first-order valence-electron chi connectivity index (χ1n) is 7.06. The van der Waals surface area contributed by atoms with E-state index >= 15 is 0 Å². The van der Waals surface area contributed by atoms with Crippen LogP contribution in [-0.4, -0.2) is 57.6 Å². The predicted molar refractivity (Wildman–Crippen MR) is 80.8 cm³/mol. The van der Waals surface area contributed by atoms with E-state index in [1.165, 1.54) is 0 Å². The Morgan fingerprint density at radius 2 is 2.30 bits per heavy atom. The van der Waals surface area contributed by atoms with Gasteiger partial charge in [0.25, 0.3) is 0 Å². The molecule has 2 rings (SSSR count). The lowest BCUT2D eigenvalue weighted by Gasteiger charge is -2.19. The van der Waals surface area contributed by atoms with Gasteiger partial charge in [-0.05, 0) is 51.8 Å². The van der Waals surface area contributed by atoms with Crippen molar-refractivity contribution in [2.75, 3.05) is 52.2 Å². The summed E-state index contributed by atoms with van der Waals surface area (Å²) in [5.41, 5.74) is 1.64. The van der Waals surface area contributed by atoms with Crippen LogP contribution in [0.2, 0.25) is 0 Å². The molecule has 110 valence electrons. The maximum atomic E-state index is 12.1. The molecule has 1 aromatic rings. The van der Waals surface area contributed by atoms with Crippen molar-refractivity contribution in [3.63, 3.8) is 0 Å². The average Bonchev–Trinajstić information content (AvgIpc) is 2.46. The number of Topliss-reactive ketones (excluding diaryl/α,β-unsaturated/α-hetero) is 1. The van der Waals surface area contributed by atoms with Crippen molar-refractivity contribution < 1.29 is 9.53 Å². The Kier molecular flexibility index (Phi) is 5.38. The molecule has 0 atom stereocenters. The van der Waals surface area contributed by atoms with Crippen molar-refractivity contribution >= 4 is 11.5 Å². The van der Waals surface area contributed by atoms with Gasteiger partial charge < -0.3 is 20.3 Å². The van der Waals surface area contributed by atoms with Crippen molar-refractivity contribution in [2.24, 2.45) is 0 Å². The first-order valence-corrected chi connectivity index (χ1v) is 7.06. The van der Waals surface area contributed by atoms with Crippen LogP contribution in [0, 0.1) is 0 Å². The van der Waals surface area contributed by atoms with Crippen LogP contribution in [0.5, 0.6) is 5.75 Å². The quantitative estimate of drug-likeness (QED) is 0.580. The molecule has 2 N–H and O–H groups in total. The van der Waals surface area contributed by atoms with Crippen LogP contribution in [-0.2, 0) is 0 Å². The number of anilines is 1. The third-order valence-corrected chi connectivity index (χ3v) is 3.22. The molecule has 0 aromatic heterocycles. The summed E-state index contributed by atoms with van der Waals surface area (Å²) in [6, 6.07) is 5.56. The molecule has 0 amide bonds. The summed E-state index contributed by atoms with van der Waals surface area (Å²) in [4.78, 5) is 14.2. The fraction of sp³-hybridized carbons (Fsp3) is 0.533. The number of ketones is 1. The standard InChI is InChI=1S/C15H23N3O2/c1-18(2)8-3-6-16-11-14(19)12-4-5-15-13(10-12)17-7-9-20-15/h4-5,10,16-17H,3,6-9,11H2,1-2H3. The summed E-state index contributed by atoms with van der Waals surface area (Å²) in [6.45, 7) is 3.73. The van der Waals surface area contributed by atoms with Gasteiger partial charge in [0.1, 0.15) is 12.4 Å². The number of hydrogen-bond acceptors (Lipinski definition) is 5. The molecule has 0 fully saturated rings. The van der Waals surface area contributed by atoms with Gasteiger partial charge in [-0.1, -0.05) is 0 Å². The van der Waals surface area contributed by atoms with Gasteiger partial charge in [0.15, 0.2) is 5.78 Å². The number of ether oxygens (including phenoxy) is 1. The van der Waals surface area contributed by atoms with Crippen LogP contribution in [0.1, 0.15) is 16.8 Å². The van der Waals surface area contributed by atoms with Crippen molar-refractivity contribution in [1.29, 1.82) is 0 Å². The fourth-order valence-corrected chi connectivity index (χ4v) is 2.14. The molecular formula is C15H23N3O2. The molecule has 0 unspecified atom stereocenters. The molecular weight excluding hydrogens is 254 g/mol. The van der Waals surface area contributed by atoms with Crippen LogP contribution >= 0.6 is 0 Å². The monoisotopic (exact) mass is 277 g/mol. The summed E-state index contributed by atoms with van der Waals surface area (Å²) >= 11 is 0. The number of carbonyl (C=O) groups excluding carboxylic acids is 1. The fourth-order valence-electron chi connectivity index (χ4n) is 2.14. The Morgan fingerprint density at radius 1 is 1.45 bits per heavy atom. The molecule has 1 aliphatic rings. The predicted octanol–water partition coefficient (Wildman–Crippen LogP) is 1.21. The zero-order valence-electron chi connectivity index (χ0n) is 12.2. The highest BCUT2D eigenvalue weighted by molar-refractivity contribution is 5.98. The smallest absolute Gasteiger partial charge is 0.176 e. The second-order valence-electron chi connectivity index (χ2n) is 5.24. The van der Waals surface area contributed by atoms with E-state index in [1.807, 2.05) is 32.3 Å². The number of benzene rings is 1. The molecule has 0 radical (unpaired) electrons. The van der Waals surface area contributed by atoms with E-state index in [4.69, 9.17) is 4.74 Å². The number of hydrogen-bond donors (Lipinski definition) is 2. The van der Waals surface area contributed by atoms with Crippen molar-refractivity contribution in [1.82, 2.24) is 10.2 Å². The van der Waals surface area contributed by atoms with Gasteiger partial charge in [0.2, 0.25) is 0 Å². The second-order valence-corrected chi connectivity index (χ2v) is 5.24. The number of rotatable bonds is 7. The van der Waals surface area contributed by atoms with E-state index in [0.717, 1.165) is 43.1 Å². The molecule has 0 spiro atoms. The van der Waals surface area contributed by atoms with E-state index in [2.05, 4.69) is 15.5 Å². The molecule has 1 aromatic carbocycles. The maximum absolute atomic E-state index is 12.1. The molecule has 5 heteroatoms. The van der Waals surface area contributed by atoms with Gasteiger partial charge in [0, 0.05) is 12.1 Å². The lowest BCUT2D eigenvalue weighted by molar-refractivity contribution is 0.0991. The molecule has 1 aliphatic heterocycles. The Morgan fingerprint density at radius 3 is 3.10 bits per heavy atom. The Hall–Kier alpha value is -1.59. The van der Waals surface area contributed by atoms with E-state index in [0.29, 0.717) is 13.2 Å². The van der Waals surface area contributed by atoms with Crippen LogP contribution in [0.3, 0.4) is 0 Å². The van der Waals surface area contributed by atoms with Gasteiger partial charge in [-0.3, -0.25) is 4.79 Å². The molecule has 5 nitrogen and oxygen atoms in total. The topological polar surface area (TPSA) is 53.6 Å². The molecule has 0 bridgehead atoms.